The van der Waals surface area contributed by atoms with Crippen molar-refractivity contribution in [1.82, 2.24) is 9.71 Å². The van der Waals surface area contributed by atoms with Crippen LogP contribution in [0, 0.1) is 0 Å². The van der Waals surface area contributed by atoms with E-state index in [2.05, 4.69) is 9.71 Å². The molecule has 1 unspecified atom stereocenters. The molecular weight excluding hydrogens is 395 g/mol. The van der Waals surface area contributed by atoms with E-state index in [9.17, 15) is 9.00 Å². The molecule has 4 rings (SSSR count). The quantitative estimate of drug-likeness (QED) is 0.526. The number of hydrogen-bond donors (Lipinski definition) is 2. The van der Waals surface area contributed by atoms with Gasteiger partial charge in [-0.25, -0.2) is 8.93 Å². The second-order valence-corrected chi connectivity index (χ2v) is 7.82. The van der Waals surface area contributed by atoms with Gasteiger partial charge in [0.15, 0.2) is 5.58 Å². The van der Waals surface area contributed by atoms with Crippen LogP contribution in [0.4, 0.5) is 0 Å². The number of pyridine rings is 1. The second-order valence-electron chi connectivity index (χ2n) is 5.59. The molecule has 0 amide bonds. The van der Waals surface area contributed by atoms with Crippen molar-refractivity contribution in [3.05, 3.63) is 62.9 Å². The zero-order valence-electron chi connectivity index (χ0n) is 13.4. The molecule has 8 heteroatoms. The summed E-state index contributed by atoms with van der Waals surface area (Å²) in [6.45, 7) is 0. The molecule has 0 bridgehead atoms. The molecule has 0 radical (unpaired) electrons. The summed E-state index contributed by atoms with van der Waals surface area (Å²) in [5, 5.41) is 1.23. The maximum Gasteiger partial charge on any atom is 0.268 e. The van der Waals surface area contributed by atoms with Crippen molar-refractivity contribution in [3.8, 4) is 11.1 Å². The van der Waals surface area contributed by atoms with Gasteiger partial charge in [0.2, 0.25) is 0 Å². The van der Waals surface area contributed by atoms with E-state index in [1.807, 2.05) is 0 Å². The predicted octanol–water partition coefficient (Wildman–Crippen LogP) is 4.49. The van der Waals surface area contributed by atoms with Gasteiger partial charge in [-0.2, -0.15) is 0 Å². The number of H-pyrrole nitrogens is 1. The number of hydrogen-bond acceptors (Lipinski definition) is 3. The van der Waals surface area contributed by atoms with Crippen molar-refractivity contribution in [3.63, 3.8) is 0 Å². The van der Waals surface area contributed by atoms with E-state index in [0.717, 1.165) is 0 Å². The first-order chi connectivity index (χ1) is 12.5. The van der Waals surface area contributed by atoms with Gasteiger partial charge in [-0.15, -0.1) is 0 Å². The molecule has 132 valence electrons. The molecule has 2 aromatic carbocycles. The van der Waals surface area contributed by atoms with Crippen LogP contribution in [-0.4, -0.2) is 16.2 Å². The SMILES string of the molecule is CNS(=O)c1cccc(-c2c(Cl)c(=O)[nH]c3c2oc2ccc(Cl)cc23)c1. The lowest BCUT2D eigenvalue weighted by molar-refractivity contribution is 0.669. The largest absolute Gasteiger partial charge is 0.454 e. The molecular formula is C18H12Cl2N2O3S. The predicted molar refractivity (Wildman–Crippen MR) is 105 cm³/mol. The number of aromatic nitrogens is 1. The van der Waals surface area contributed by atoms with E-state index in [4.69, 9.17) is 27.6 Å². The number of aromatic amines is 1. The second kappa shape index (κ2) is 6.55. The molecule has 26 heavy (non-hydrogen) atoms. The molecule has 2 heterocycles. The van der Waals surface area contributed by atoms with Crippen LogP contribution < -0.4 is 10.3 Å². The fourth-order valence-electron chi connectivity index (χ4n) is 2.89. The van der Waals surface area contributed by atoms with Crippen LogP contribution in [0.1, 0.15) is 0 Å². The molecule has 0 spiro atoms. The monoisotopic (exact) mass is 406 g/mol. The summed E-state index contributed by atoms with van der Waals surface area (Å²) in [4.78, 5) is 15.7. The summed E-state index contributed by atoms with van der Waals surface area (Å²) >= 11 is 12.4. The maximum absolute atomic E-state index is 12.4. The third kappa shape index (κ3) is 2.75. The summed E-state index contributed by atoms with van der Waals surface area (Å²) < 4.78 is 20.7. The molecule has 5 nitrogen and oxygen atoms in total. The van der Waals surface area contributed by atoms with Crippen LogP contribution in [0.3, 0.4) is 0 Å². The molecule has 2 aromatic heterocycles. The Morgan fingerprint density at radius 1 is 1.15 bits per heavy atom. The molecule has 0 aliphatic carbocycles. The lowest BCUT2D eigenvalue weighted by Crippen LogP contribution is -2.10. The van der Waals surface area contributed by atoms with Gasteiger partial charge in [0.1, 0.15) is 21.6 Å². The number of fused-ring (bicyclic) bond motifs is 3. The van der Waals surface area contributed by atoms with Gasteiger partial charge in [0.25, 0.3) is 5.56 Å². The highest BCUT2D eigenvalue weighted by Gasteiger charge is 2.19. The van der Waals surface area contributed by atoms with Crippen molar-refractivity contribution in [2.24, 2.45) is 0 Å². The molecule has 0 aliphatic heterocycles. The Kier molecular flexibility index (Phi) is 4.36. The molecule has 0 aliphatic rings. The minimum absolute atomic E-state index is 0.00930. The van der Waals surface area contributed by atoms with Gasteiger partial charge in [-0.05, 0) is 42.9 Å². The Morgan fingerprint density at radius 3 is 2.73 bits per heavy atom. The van der Waals surface area contributed by atoms with Gasteiger partial charge in [0.05, 0.1) is 16.0 Å². The topological polar surface area (TPSA) is 75.1 Å². The Balaban J connectivity index is 2.09. The van der Waals surface area contributed by atoms with E-state index in [0.29, 0.717) is 43.1 Å². The van der Waals surface area contributed by atoms with Crippen LogP contribution in [0.25, 0.3) is 33.2 Å². The summed E-state index contributed by atoms with van der Waals surface area (Å²) in [7, 11) is 0.236. The van der Waals surface area contributed by atoms with E-state index in [1.54, 1.807) is 49.5 Å². The van der Waals surface area contributed by atoms with Crippen LogP contribution in [0.2, 0.25) is 10.0 Å². The molecule has 0 saturated heterocycles. The first-order valence-corrected chi connectivity index (χ1v) is 9.53. The number of benzene rings is 2. The zero-order valence-corrected chi connectivity index (χ0v) is 15.8. The van der Waals surface area contributed by atoms with Gasteiger partial charge in [-0.3, -0.25) is 4.79 Å². The standard InChI is InChI=1S/C18H12Cl2N2O3S/c1-21-26(24)11-4-2-3-9(7-11)14-15(20)18(23)22-16-12-8-10(19)5-6-13(12)25-17(14)16/h2-8,21H,1H3,(H,22,23). The number of nitrogens with one attached hydrogen (secondary N) is 2. The summed E-state index contributed by atoms with van der Waals surface area (Å²) in [5.41, 5.74) is 2.20. The smallest absolute Gasteiger partial charge is 0.268 e. The lowest BCUT2D eigenvalue weighted by atomic mass is 10.1. The van der Waals surface area contributed by atoms with Crippen molar-refractivity contribution >= 4 is 56.3 Å². The van der Waals surface area contributed by atoms with Crippen molar-refractivity contribution in [2.75, 3.05) is 7.05 Å². The highest BCUT2D eigenvalue weighted by atomic mass is 35.5. The van der Waals surface area contributed by atoms with E-state index < -0.39 is 16.5 Å². The number of furan rings is 1. The fourth-order valence-corrected chi connectivity index (χ4v) is 3.98. The molecule has 4 aromatic rings. The Hall–Kier alpha value is -2.12. The van der Waals surface area contributed by atoms with Gasteiger partial charge < -0.3 is 9.40 Å². The van der Waals surface area contributed by atoms with Crippen molar-refractivity contribution in [2.45, 2.75) is 4.90 Å². The van der Waals surface area contributed by atoms with Crippen LogP contribution >= 0.6 is 23.2 Å². The summed E-state index contributed by atoms with van der Waals surface area (Å²) in [6.07, 6.45) is 0. The number of rotatable bonds is 3. The maximum atomic E-state index is 12.4. The van der Waals surface area contributed by atoms with Gasteiger partial charge in [-0.1, -0.05) is 35.3 Å². The van der Waals surface area contributed by atoms with E-state index in [-0.39, 0.29) is 5.02 Å². The number of halogens is 2. The highest BCUT2D eigenvalue weighted by Crippen LogP contribution is 2.38. The van der Waals surface area contributed by atoms with Crippen LogP contribution in [0.5, 0.6) is 0 Å². The summed E-state index contributed by atoms with van der Waals surface area (Å²) in [6, 6.07) is 12.2. The minimum atomic E-state index is -1.37. The Morgan fingerprint density at radius 2 is 1.96 bits per heavy atom. The van der Waals surface area contributed by atoms with Crippen molar-refractivity contribution < 1.29 is 8.63 Å². The van der Waals surface area contributed by atoms with Crippen LogP contribution in [0.15, 0.2) is 56.6 Å². The van der Waals surface area contributed by atoms with Crippen LogP contribution in [-0.2, 0) is 11.0 Å². The Bertz CT molecular complexity index is 1250. The fraction of sp³-hybridized carbons (Fsp3) is 0.0556. The van der Waals surface area contributed by atoms with E-state index in [1.165, 1.54) is 0 Å². The molecule has 0 saturated carbocycles. The zero-order chi connectivity index (χ0) is 18.4. The van der Waals surface area contributed by atoms with E-state index >= 15 is 0 Å². The highest BCUT2D eigenvalue weighted by molar-refractivity contribution is 7.83. The van der Waals surface area contributed by atoms with Gasteiger partial charge in [0, 0.05) is 10.4 Å². The first kappa shape index (κ1) is 17.3. The molecule has 2 N–H and O–H groups in total. The average Bonchev–Trinajstić information content (AvgIpc) is 2.99. The first-order valence-electron chi connectivity index (χ1n) is 7.62. The summed E-state index contributed by atoms with van der Waals surface area (Å²) in [5.74, 6) is 0. The normalized spacial score (nSPS) is 12.7. The van der Waals surface area contributed by atoms with Crippen molar-refractivity contribution in [1.29, 1.82) is 0 Å². The third-order valence-electron chi connectivity index (χ3n) is 4.06. The Labute approximate surface area is 160 Å². The molecule has 1 atom stereocenters. The molecule has 0 fully saturated rings. The minimum Gasteiger partial charge on any atom is -0.454 e. The third-order valence-corrected chi connectivity index (χ3v) is 5.71. The lowest BCUT2D eigenvalue weighted by Gasteiger charge is -2.07. The van der Waals surface area contributed by atoms with Gasteiger partial charge >= 0.3 is 0 Å². The average molecular weight is 407 g/mol.